The lowest BCUT2D eigenvalue weighted by Gasteiger charge is -2.44. The predicted octanol–water partition coefficient (Wildman–Crippen LogP) is 0.539. The fourth-order valence-electron chi connectivity index (χ4n) is 3.78. The van der Waals surface area contributed by atoms with Gasteiger partial charge in [-0.05, 0) is 50.0 Å². The lowest BCUT2D eigenvalue weighted by atomic mass is 9.84. The Labute approximate surface area is 121 Å². The minimum absolute atomic E-state index is 0.00861. The van der Waals surface area contributed by atoms with Gasteiger partial charge in [0, 0.05) is 12.2 Å². The topological polar surface area (TPSA) is 84.1 Å². The number of rotatable bonds is 1. The number of nitrogens with one attached hydrogen (secondary N) is 1. The van der Waals surface area contributed by atoms with E-state index in [9.17, 15) is 9.59 Å². The van der Waals surface area contributed by atoms with Gasteiger partial charge in [0.25, 0.3) is 5.56 Å². The van der Waals surface area contributed by atoms with Crippen LogP contribution in [0, 0.1) is 5.92 Å². The van der Waals surface area contributed by atoms with E-state index in [0.717, 1.165) is 32.5 Å². The van der Waals surface area contributed by atoms with Crippen molar-refractivity contribution >= 4 is 16.6 Å². The highest BCUT2D eigenvalue weighted by Gasteiger charge is 2.36. The third kappa shape index (κ3) is 1.90. The molecule has 3 aliphatic rings. The summed E-state index contributed by atoms with van der Waals surface area (Å²) in [5.74, 6) is 0.431. The van der Waals surface area contributed by atoms with E-state index in [1.54, 1.807) is 18.2 Å². The van der Waals surface area contributed by atoms with Crippen LogP contribution in [0.25, 0.3) is 10.9 Å². The molecule has 0 amide bonds. The van der Waals surface area contributed by atoms with Crippen molar-refractivity contribution < 1.29 is 0 Å². The number of hydrogen-bond acceptors (Lipinski definition) is 4. The standard InChI is InChI=1S/C15H18N4O2/c16-10-1-2-11-12(7-10)17-15(21)19(14(11)20)13-8-18-5-3-9(13)4-6-18/h1-2,7,9,13H,3-6,8,16H2,(H,17,21). The van der Waals surface area contributed by atoms with Crippen LogP contribution in [0.2, 0.25) is 0 Å². The number of aromatic nitrogens is 2. The molecule has 0 aliphatic carbocycles. The first kappa shape index (κ1) is 12.6. The lowest BCUT2D eigenvalue weighted by molar-refractivity contribution is 0.0536. The number of piperidine rings is 3. The maximum Gasteiger partial charge on any atom is 0.329 e. The van der Waals surface area contributed by atoms with Gasteiger partial charge in [0.15, 0.2) is 0 Å². The summed E-state index contributed by atoms with van der Waals surface area (Å²) in [6, 6.07) is 5.02. The molecule has 3 N–H and O–H groups in total. The first-order chi connectivity index (χ1) is 10.1. The highest BCUT2D eigenvalue weighted by atomic mass is 16.2. The van der Waals surface area contributed by atoms with Crippen molar-refractivity contribution in [3.63, 3.8) is 0 Å². The maximum atomic E-state index is 12.7. The number of anilines is 1. The summed E-state index contributed by atoms with van der Waals surface area (Å²) in [7, 11) is 0. The van der Waals surface area contributed by atoms with Crippen molar-refractivity contribution in [1.82, 2.24) is 14.5 Å². The van der Waals surface area contributed by atoms with Gasteiger partial charge in [0.2, 0.25) is 0 Å². The molecule has 6 heteroatoms. The van der Waals surface area contributed by atoms with Crippen LogP contribution in [0.3, 0.4) is 0 Å². The van der Waals surface area contributed by atoms with Gasteiger partial charge >= 0.3 is 5.69 Å². The summed E-state index contributed by atoms with van der Waals surface area (Å²) < 4.78 is 1.43. The smallest absolute Gasteiger partial charge is 0.329 e. The predicted molar refractivity (Wildman–Crippen MR) is 81.4 cm³/mol. The number of nitrogen functional groups attached to an aromatic ring is 1. The normalized spacial score (nSPS) is 28.1. The van der Waals surface area contributed by atoms with Gasteiger partial charge in [0.05, 0.1) is 16.9 Å². The zero-order valence-electron chi connectivity index (χ0n) is 11.7. The summed E-state index contributed by atoms with van der Waals surface area (Å²) >= 11 is 0. The second-order valence-corrected chi connectivity index (χ2v) is 6.12. The Morgan fingerprint density at radius 2 is 1.95 bits per heavy atom. The SMILES string of the molecule is Nc1ccc2c(=O)n(C3CN4CCC3CC4)c(=O)[nH]c2c1. The molecule has 110 valence electrons. The quantitative estimate of drug-likeness (QED) is 0.749. The van der Waals surface area contributed by atoms with E-state index in [4.69, 9.17) is 5.73 Å². The van der Waals surface area contributed by atoms with Gasteiger partial charge in [-0.3, -0.25) is 9.36 Å². The molecular weight excluding hydrogens is 268 g/mol. The van der Waals surface area contributed by atoms with E-state index < -0.39 is 0 Å². The van der Waals surface area contributed by atoms with Crippen LogP contribution >= 0.6 is 0 Å². The lowest BCUT2D eigenvalue weighted by Crippen LogP contribution is -2.53. The average molecular weight is 286 g/mol. The van der Waals surface area contributed by atoms with Gasteiger partial charge in [-0.25, -0.2) is 4.79 Å². The molecule has 1 aromatic heterocycles. The first-order valence-corrected chi connectivity index (χ1v) is 7.40. The molecule has 1 unspecified atom stereocenters. The van der Waals surface area contributed by atoms with E-state index in [1.807, 2.05) is 0 Å². The molecule has 3 fully saturated rings. The molecule has 3 saturated heterocycles. The average Bonchev–Trinajstić information content (AvgIpc) is 2.48. The maximum absolute atomic E-state index is 12.7. The van der Waals surface area contributed by atoms with Crippen LogP contribution in [-0.2, 0) is 0 Å². The molecule has 1 atom stereocenters. The number of benzene rings is 1. The van der Waals surface area contributed by atoms with Crippen LogP contribution in [0.5, 0.6) is 0 Å². The van der Waals surface area contributed by atoms with Crippen molar-refractivity contribution in [2.24, 2.45) is 5.92 Å². The van der Waals surface area contributed by atoms with Crippen molar-refractivity contribution in [2.75, 3.05) is 25.4 Å². The van der Waals surface area contributed by atoms with Crippen molar-refractivity contribution in [2.45, 2.75) is 18.9 Å². The third-order valence-corrected chi connectivity index (χ3v) is 4.91. The Morgan fingerprint density at radius 3 is 2.62 bits per heavy atom. The first-order valence-electron chi connectivity index (χ1n) is 7.40. The molecule has 21 heavy (non-hydrogen) atoms. The number of H-pyrrole nitrogens is 1. The van der Waals surface area contributed by atoms with Gasteiger partial charge in [-0.1, -0.05) is 0 Å². The Bertz CT molecular complexity index is 815. The summed E-state index contributed by atoms with van der Waals surface area (Å²) in [6.07, 6.45) is 2.13. The zero-order valence-corrected chi connectivity index (χ0v) is 11.7. The highest BCUT2D eigenvalue weighted by molar-refractivity contribution is 5.80. The van der Waals surface area contributed by atoms with Crippen molar-refractivity contribution in [1.29, 1.82) is 0 Å². The number of aromatic amines is 1. The highest BCUT2D eigenvalue weighted by Crippen LogP contribution is 2.34. The Hall–Kier alpha value is -2.08. The summed E-state index contributed by atoms with van der Waals surface area (Å²) in [4.78, 5) is 30.3. The molecule has 4 heterocycles. The van der Waals surface area contributed by atoms with Gasteiger partial charge in [-0.15, -0.1) is 0 Å². The van der Waals surface area contributed by atoms with E-state index in [-0.39, 0.29) is 17.3 Å². The fraction of sp³-hybridized carbons (Fsp3) is 0.467. The molecule has 0 radical (unpaired) electrons. The molecule has 2 aromatic rings. The Balaban J connectivity index is 1.91. The molecule has 3 aliphatic heterocycles. The molecule has 6 nitrogen and oxygen atoms in total. The number of fused-ring (bicyclic) bond motifs is 4. The Morgan fingerprint density at radius 1 is 1.19 bits per heavy atom. The van der Waals surface area contributed by atoms with Gasteiger partial charge in [0.1, 0.15) is 0 Å². The largest absolute Gasteiger partial charge is 0.399 e. The van der Waals surface area contributed by atoms with Crippen LogP contribution < -0.4 is 17.0 Å². The Kier molecular flexibility index (Phi) is 2.68. The van der Waals surface area contributed by atoms with Crippen LogP contribution in [0.15, 0.2) is 27.8 Å². The number of nitrogens with two attached hydrogens (primary N) is 1. The molecule has 0 saturated carbocycles. The minimum atomic E-state index is -0.322. The number of hydrogen-bond donors (Lipinski definition) is 2. The molecule has 1 aromatic carbocycles. The third-order valence-electron chi connectivity index (χ3n) is 4.91. The monoisotopic (exact) mass is 286 g/mol. The fourth-order valence-corrected chi connectivity index (χ4v) is 3.78. The molecular formula is C15H18N4O2. The molecule has 2 bridgehead atoms. The minimum Gasteiger partial charge on any atom is -0.399 e. The van der Waals surface area contributed by atoms with Gasteiger partial charge in [-0.2, -0.15) is 0 Å². The van der Waals surface area contributed by atoms with E-state index in [0.29, 0.717) is 22.5 Å². The van der Waals surface area contributed by atoms with Gasteiger partial charge < -0.3 is 15.6 Å². The second-order valence-electron chi connectivity index (χ2n) is 6.12. The van der Waals surface area contributed by atoms with E-state index in [2.05, 4.69) is 9.88 Å². The van der Waals surface area contributed by atoms with Crippen LogP contribution in [0.4, 0.5) is 5.69 Å². The summed E-state index contributed by atoms with van der Waals surface area (Å²) in [5.41, 5.74) is 6.25. The van der Waals surface area contributed by atoms with Crippen molar-refractivity contribution in [3.8, 4) is 0 Å². The van der Waals surface area contributed by atoms with E-state index in [1.165, 1.54) is 4.57 Å². The zero-order chi connectivity index (χ0) is 14.6. The van der Waals surface area contributed by atoms with Crippen molar-refractivity contribution in [3.05, 3.63) is 39.0 Å². The van der Waals surface area contributed by atoms with Crippen LogP contribution in [0.1, 0.15) is 18.9 Å². The molecule has 0 spiro atoms. The number of nitrogens with zero attached hydrogens (tertiary/aromatic N) is 2. The molecule has 5 rings (SSSR count). The second kappa shape index (κ2) is 4.46. The van der Waals surface area contributed by atoms with Crippen LogP contribution in [-0.4, -0.2) is 34.1 Å². The summed E-state index contributed by atoms with van der Waals surface area (Å²) in [6.45, 7) is 2.96. The van der Waals surface area contributed by atoms with E-state index >= 15 is 0 Å². The summed E-state index contributed by atoms with van der Waals surface area (Å²) in [5, 5.41) is 0.528.